The first kappa shape index (κ1) is 35.9. The number of alkyl carbamates (subject to hydrolysis) is 1. The van der Waals surface area contributed by atoms with Gasteiger partial charge in [-0.3, -0.25) is 14.4 Å². The maximum atomic E-state index is 14.3. The molecular weight excluding hydrogens is 564 g/mol. The summed E-state index contributed by atoms with van der Waals surface area (Å²) < 4.78 is 10.6. The van der Waals surface area contributed by atoms with Gasteiger partial charge in [-0.2, -0.15) is 0 Å². The van der Waals surface area contributed by atoms with E-state index in [0.29, 0.717) is 17.9 Å². The SMILES string of the molecule is CCCCCCCCN(C(=O)C(CCC(N)=O)NC(=O)OC(C)(C)C)C(C(=O)Nc1ccc(OC)cc1)c1ccccc1O. The van der Waals surface area contributed by atoms with E-state index >= 15 is 0 Å². The Labute approximate surface area is 260 Å². The van der Waals surface area contributed by atoms with Crippen molar-refractivity contribution in [1.82, 2.24) is 10.2 Å². The van der Waals surface area contributed by atoms with Crippen LogP contribution in [0.2, 0.25) is 0 Å². The first-order valence-corrected chi connectivity index (χ1v) is 15.2. The molecule has 0 aliphatic carbocycles. The highest BCUT2D eigenvalue weighted by Gasteiger charge is 2.37. The van der Waals surface area contributed by atoms with E-state index < -0.39 is 41.5 Å². The number of nitrogens with two attached hydrogens (primary N) is 1. The molecule has 11 heteroatoms. The molecular formula is C33H48N4O7. The molecule has 0 aliphatic rings. The third-order valence-corrected chi connectivity index (χ3v) is 6.85. The van der Waals surface area contributed by atoms with Crippen molar-refractivity contribution < 1.29 is 33.8 Å². The molecule has 11 nitrogen and oxygen atoms in total. The molecule has 4 amide bonds. The monoisotopic (exact) mass is 612 g/mol. The van der Waals surface area contributed by atoms with Gasteiger partial charge >= 0.3 is 6.09 Å². The fraction of sp³-hybridized carbons (Fsp3) is 0.515. The summed E-state index contributed by atoms with van der Waals surface area (Å²) in [5.41, 5.74) is 5.23. The van der Waals surface area contributed by atoms with E-state index in [-0.39, 0.29) is 30.7 Å². The first-order chi connectivity index (χ1) is 20.9. The van der Waals surface area contributed by atoms with Crippen LogP contribution in [0.25, 0.3) is 0 Å². The van der Waals surface area contributed by atoms with Gasteiger partial charge in [0.05, 0.1) is 7.11 Å². The lowest BCUT2D eigenvalue weighted by Crippen LogP contribution is -2.52. The zero-order chi connectivity index (χ0) is 32.7. The summed E-state index contributed by atoms with van der Waals surface area (Å²) in [6.07, 6.45) is 4.44. The Balaban J connectivity index is 2.53. The standard InChI is InChI=1S/C33H48N4O7/c1-6-7-8-9-10-13-22-37(31(41)26(20-21-28(34)39)36-32(42)44-33(2,3)4)29(25-14-11-12-15-27(25)38)30(40)35-23-16-18-24(43-5)19-17-23/h11-12,14-19,26,29,38H,6-10,13,20-22H2,1-5H3,(H2,34,39)(H,35,40)(H,36,42). The van der Waals surface area contributed by atoms with E-state index in [1.807, 2.05) is 0 Å². The molecule has 0 heterocycles. The fourth-order valence-corrected chi connectivity index (χ4v) is 4.68. The maximum Gasteiger partial charge on any atom is 0.408 e. The number of hydrogen-bond donors (Lipinski definition) is 4. The Morgan fingerprint density at radius 3 is 2.18 bits per heavy atom. The van der Waals surface area contributed by atoms with E-state index in [9.17, 15) is 24.3 Å². The lowest BCUT2D eigenvalue weighted by molar-refractivity contribution is -0.141. The largest absolute Gasteiger partial charge is 0.508 e. The van der Waals surface area contributed by atoms with Gasteiger partial charge in [-0.15, -0.1) is 0 Å². The van der Waals surface area contributed by atoms with Gasteiger partial charge in [-0.25, -0.2) is 4.79 Å². The number of ether oxygens (including phenoxy) is 2. The Kier molecular flexibility index (Phi) is 14.5. The van der Waals surface area contributed by atoms with E-state index in [0.717, 1.165) is 32.1 Å². The number of phenols is 1. The lowest BCUT2D eigenvalue weighted by atomic mass is 9.99. The van der Waals surface area contributed by atoms with Crippen LogP contribution in [0.3, 0.4) is 0 Å². The number of para-hydroxylation sites is 1. The number of carbonyl (C=O) groups excluding carboxylic acids is 4. The molecule has 0 fully saturated rings. The van der Waals surface area contributed by atoms with Crippen LogP contribution >= 0.6 is 0 Å². The highest BCUT2D eigenvalue weighted by atomic mass is 16.6. The molecule has 2 aromatic carbocycles. The number of phenolic OH excluding ortho intramolecular Hbond substituents is 1. The highest BCUT2D eigenvalue weighted by molar-refractivity contribution is 5.99. The van der Waals surface area contributed by atoms with Crippen molar-refractivity contribution >= 4 is 29.5 Å². The smallest absolute Gasteiger partial charge is 0.408 e. The van der Waals surface area contributed by atoms with Crippen LogP contribution in [0.4, 0.5) is 10.5 Å². The molecule has 0 aromatic heterocycles. The molecule has 2 atom stereocenters. The molecule has 2 unspecified atom stereocenters. The number of aromatic hydroxyl groups is 1. The number of amides is 4. The van der Waals surface area contributed by atoms with Crippen molar-refractivity contribution in [1.29, 1.82) is 0 Å². The molecule has 2 rings (SSSR count). The van der Waals surface area contributed by atoms with Gasteiger partial charge < -0.3 is 35.8 Å². The summed E-state index contributed by atoms with van der Waals surface area (Å²) in [5, 5.41) is 16.3. The topological polar surface area (TPSA) is 160 Å². The molecule has 0 saturated heterocycles. The second-order valence-electron chi connectivity index (χ2n) is 11.7. The molecule has 0 bridgehead atoms. The maximum absolute atomic E-state index is 14.3. The number of unbranched alkanes of at least 4 members (excludes halogenated alkanes) is 5. The molecule has 0 spiro atoms. The van der Waals surface area contributed by atoms with Crippen molar-refractivity contribution in [3.05, 3.63) is 54.1 Å². The van der Waals surface area contributed by atoms with Crippen LogP contribution in [0, 0.1) is 0 Å². The minimum atomic E-state index is -1.27. The number of rotatable bonds is 17. The van der Waals surface area contributed by atoms with Gasteiger partial charge in [-0.1, -0.05) is 57.2 Å². The Morgan fingerprint density at radius 1 is 0.955 bits per heavy atom. The number of nitrogens with one attached hydrogen (secondary N) is 2. The summed E-state index contributed by atoms with van der Waals surface area (Å²) in [7, 11) is 1.54. The zero-order valence-electron chi connectivity index (χ0n) is 26.6. The van der Waals surface area contributed by atoms with Gasteiger partial charge in [0.15, 0.2) is 0 Å². The van der Waals surface area contributed by atoms with Crippen LogP contribution in [0.15, 0.2) is 48.5 Å². The number of carbonyl (C=O) groups is 4. The zero-order valence-corrected chi connectivity index (χ0v) is 26.6. The van der Waals surface area contributed by atoms with Gasteiger partial charge in [0.2, 0.25) is 11.8 Å². The van der Waals surface area contributed by atoms with E-state index in [4.69, 9.17) is 15.2 Å². The lowest BCUT2D eigenvalue weighted by Gasteiger charge is -2.35. The number of hydrogen-bond acceptors (Lipinski definition) is 7. The summed E-state index contributed by atoms with van der Waals surface area (Å²) in [4.78, 5) is 54.2. The Hall–Kier alpha value is -4.28. The minimum Gasteiger partial charge on any atom is -0.508 e. The summed E-state index contributed by atoms with van der Waals surface area (Å²) >= 11 is 0. The van der Waals surface area contributed by atoms with Gasteiger partial charge in [0.1, 0.15) is 29.2 Å². The Morgan fingerprint density at radius 2 is 1.59 bits per heavy atom. The van der Waals surface area contributed by atoms with Crippen molar-refractivity contribution in [2.45, 2.75) is 96.7 Å². The molecule has 242 valence electrons. The average Bonchev–Trinajstić information content (AvgIpc) is 2.96. The van der Waals surface area contributed by atoms with Crippen molar-refractivity contribution in [3.8, 4) is 11.5 Å². The van der Waals surface area contributed by atoms with Crippen molar-refractivity contribution in [2.24, 2.45) is 5.73 Å². The fourth-order valence-electron chi connectivity index (χ4n) is 4.68. The molecule has 0 aliphatic heterocycles. The number of benzene rings is 2. The molecule has 2 aromatic rings. The van der Waals surface area contributed by atoms with E-state index in [1.165, 1.54) is 18.1 Å². The Bertz CT molecular complexity index is 1230. The number of methoxy groups -OCH3 is 1. The van der Waals surface area contributed by atoms with Crippen LogP contribution < -0.4 is 21.1 Å². The van der Waals surface area contributed by atoms with Crippen LogP contribution in [-0.4, -0.2) is 59.1 Å². The second kappa shape index (κ2) is 17.7. The van der Waals surface area contributed by atoms with Gasteiger partial charge in [0.25, 0.3) is 5.91 Å². The summed E-state index contributed by atoms with van der Waals surface area (Å²) in [6.45, 7) is 7.35. The van der Waals surface area contributed by atoms with Gasteiger partial charge in [-0.05, 0) is 63.9 Å². The van der Waals surface area contributed by atoms with E-state index in [2.05, 4.69) is 17.6 Å². The van der Waals surface area contributed by atoms with Crippen LogP contribution in [0.1, 0.15) is 90.7 Å². The molecule has 5 N–H and O–H groups in total. The third kappa shape index (κ3) is 12.1. The molecule has 0 radical (unpaired) electrons. The number of primary amides is 1. The summed E-state index contributed by atoms with van der Waals surface area (Å²) in [6, 6.07) is 10.5. The van der Waals surface area contributed by atoms with Gasteiger partial charge in [0, 0.05) is 24.2 Å². The predicted molar refractivity (Wildman–Crippen MR) is 169 cm³/mol. The predicted octanol–water partition coefficient (Wildman–Crippen LogP) is 5.43. The molecule has 44 heavy (non-hydrogen) atoms. The second-order valence-corrected chi connectivity index (χ2v) is 11.7. The van der Waals surface area contributed by atoms with Crippen molar-refractivity contribution in [2.75, 3.05) is 19.0 Å². The normalized spacial score (nSPS) is 12.5. The first-order valence-electron chi connectivity index (χ1n) is 15.2. The van der Waals surface area contributed by atoms with Crippen LogP contribution in [-0.2, 0) is 19.1 Å². The average molecular weight is 613 g/mol. The minimum absolute atomic E-state index is 0.103. The number of anilines is 1. The van der Waals surface area contributed by atoms with E-state index in [1.54, 1.807) is 63.2 Å². The molecule has 0 saturated carbocycles. The quantitative estimate of drug-likeness (QED) is 0.173. The third-order valence-electron chi connectivity index (χ3n) is 6.85. The highest BCUT2D eigenvalue weighted by Crippen LogP contribution is 2.32. The number of nitrogens with zero attached hydrogens (tertiary/aromatic N) is 1. The van der Waals surface area contributed by atoms with Crippen molar-refractivity contribution in [3.63, 3.8) is 0 Å². The van der Waals surface area contributed by atoms with Crippen LogP contribution in [0.5, 0.6) is 11.5 Å². The summed E-state index contributed by atoms with van der Waals surface area (Å²) in [5.74, 6) is -1.39.